The number of fused-ring (bicyclic) bond motifs is 2. The van der Waals surface area contributed by atoms with Gasteiger partial charge in [0.1, 0.15) is 6.10 Å². The van der Waals surface area contributed by atoms with E-state index in [9.17, 15) is 14.4 Å². The van der Waals surface area contributed by atoms with Crippen LogP contribution in [0.15, 0.2) is 11.1 Å². The summed E-state index contributed by atoms with van der Waals surface area (Å²) in [4.78, 5) is 35.3. The van der Waals surface area contributed by atoms with E-state index in [0.29, 0.717) is 6.42 Å². The van der Waals surface area contributed by atoms with Crippen LogP contribution in [-0.2, 0) is 28.6 Å². The molecule has 0 aromatic heterocycles. The molecular weight excluding hydrogens is 240 g/mol. The van der Waals surface area contributed by atoms with Crippen LogP contribution in [0.1, 0.15) is 19.8 Å². The zero-order valence-electron chi connectivity index (χ0n) is 10.4. The van der Waals surface area contributed by atoms with Gasteiger partial charge in [0.15, 0.2) is 5.78 Å². The van der Waals surface area contributed by atoms with E-state index in [1.54, 1.807) is 6.92 Å². The minimum Gasteiger partial charge on any atom is -0.466 e. The fraction of sp³-hybridized carbons (Fsp3) is 0.583. The van der Waals surface area contributed by atoms with Crippen LogP contribution >= 0.6 is 0 Å². The molecule has 18 heavy (non-hydrogen) atoms. The summed E-state index contributed by atoms with van der Waals surface area (Å²) in [6.07, 6.45) is -0.389. The van der Waals surface area contributed by atoms with E-state index in [1.165, 1.54) is 14.2 Å². The minimum absolute atomic E-state index is 0.0191. The number of rotatable bonds is 2. The lowest BCUT2D eigenvalue weighted by atomic mass is 9.90. The van der Waals surface area contributed by atoms with Crippen LogP contribution in [0.25, 0.3) is 0 Å². The van der Waals surface area contributed by atoms with Gasteiger partial charge >= 0.3 is 11.9 Å². The van der Waals surface area contributed by atoms with Crippen LogP contribution < -0.4 is 0 Å². The third kappa shape index (κ3) is 1.64. The fourth-order valence-corrected chi connectivity index (χ4v) is 2.44. The van der Waals surface area contributed by atoms with E-state index in [-0.39, 0.29) is 23.4 Å². The lowest BCUT2D eigenvalue weighted by Crippen LogP contribution is -2.39. The molecule has 0 N–H and O–H groups in total. The second-order valence-corrected chi connectivity index (χ2v) is 4.47. The van der Waals surface area contributed by atoms with Gasteiger partial charge in [-0.05, 0) is 13.3 Å². The number of hydrogen-bond acceptors (Lipinski definition) is 6. The van der Waals surface area contributed by atoms with Crippen LogP contribution in [0.2, 0.25) is 0 Å². The van der Waals surface area contributed by atoms with Crippen molar-refractivity contribution in [3.05, 3.63) is 11.1 Å². The van der Waals surface area contributed by atoms with Crippen molar-refractivity contribution < 1.29 is 28.6 Å². The molecule has 2 bridgehead atoms. The topological polar surface area (TPSA) is 78.9 Å². The van der Waals surface area contributed by atoms with Gasteiger partial charge in [-0.2, -0.15) is 0 Å². The Morgan fingerprint density at radius 2 is 1.89 bits per heavy atom. The summed E-state index contributed by atoms with van der Waals surface area (Å²) in [7, 11) is 2.41. The smallest absolute Gasteiger partial charge is 0.337 e. The molecule has 2 rings (SSSR count). The van der Waals surface area contributed by atoms with Crippen molar-refractivity contribution >= 4 is 17.7 Å². The number of Topliss-reactive ketones (excluding diaryl/α,β-unsaturated/α-hetero) is 1. The van der Waals surface area contributed by atoms with E-state index in [0.717, 1.165) is 0 Å². The first-order valence-electron chi connectivity index (χ1n) is 5.56. The summed E-state index contributed by atoms with van der Waals surface area (Å²) in [6, 6.07) is 0. The largest absolute Gasteiger partial charge is 0.466 e. The van der Waals surface area contributed by atoms with Crippen molar-refractivity contribution in [2.45, 2.75) is 31.5 Å². The van der Waals surface area contributed by atoms with E-state index < -0.39 is 23.6 Å². The molecule has 2 atom stereocenters. The zero-order valence-corrected chi connectivity index (χ0v) is 10.4. The summed E-state index contributed by atoms with van der Waals surface area (Å²) >= 11 is 0. The average molecular weight is 254 g/mol. The third-order valence-corrected chi connectivity index (χ3v) is 3.37. The van der Waals surface area contributed by atoms with E-state index in [4.69, 9.17) is 4.74 Å². The number of carbonyl (C=O) groups excluding carboxylic acids is 3. The van der Waals surface area contributed by atoms with Gasteiger partial charge in [0.2, 0.25) is 0 Å². The number of hydrogen-bond donors (Lipinski definition) is 0. The molecule has 0 aliphatic carbocycles. The highest BCUT2D eigenvalue weighted by Crippen LogP contribution is 2.44. The van der Waals surface area contributed by atoms with Gasteiger partial charge in [-0.1, -0.05) is 0 Å². The monoisotopic (exact) mass is 254 g/mol. The Bertz CT molecular complexity index is 463. The third-order valence-electron chi connectivity index (χ3n) is 3.37. The first-order valence-corrected chi connectivity index (χ1v) is 5.56. The van der Waals surface area contributed by atoms with Gasteiger partial charge in [0.25, 0.3) is 0 Å². The van der Waals surface area contributed by atoms with Crippen molar-refractivity contribution in [1.29, 1.82) is 0 Å². The van der Waals surface area contributed by atoms with E-state index >= 15 is 0 Å². The molecule has 2 heterocycles. The Hall–Kier alpha value is -1.69. The molecule has 0 unspecified atom stereocenters. The molecule has 2 aliphatic heterocycles. The zero-order chi connectivity index (χ0) is 13.5. The van der Waals surface area contributed by atoms with Crippen LogP contribution in [0.5, 0.6) is 0 Å². The lowest BCUT2D eigenvalue weighted by Gasteiger charge is -2.30. The molecule has 0 amide bonds. The second-order valence-electron chi connectivity index (χ2n) is 4.47. The van der Waals surface area contributed by atoms with Crippen LogP contribution in [-0.4, -0.2) is 43.6 Å². The molecule has 6 nitrogen and oxygen atoms in total. The van der Waals surface area contributed by atoms with E-state index in [2.05, 4.69) is 9.47 Å². The molecule has 2 aliphatic rings. The van der Waals surface area contributed by atoms with Gasteiger partial charge in [-0.25, -0.2) is 9.59 Å². The SMILES string of the molecule is COC(=O)C1=C(C(=O)OC)[C@@]2(C)CCC(=O)[C@@H]1O2. The minimum atomic E-state index is -1.01. The second kappa shape index (κ2) is 4.20. The van der Waals surface area contributed by atoms with Gasteiger partial charge in [-0.3, -0.25) is 4.79 Å². The maximum absolute atomic E-state index is 11.8. The summed E-state index contributed by atoms with van der Waals surface area (Å²) < 4.78 is 14.8. The molecule has 0 radical (unpaired) electrons. The number of methoxy groups -OCH3 is 2. The van der Waals surface area contributed by atoms with Crippen molar-refractivity contribution in [3.63, 3.8) is 0 Å². The van der Waals surface area contributed by atoms with E-state index in [1.807, 2.05) is 0 Å². The number of ether oxygens (including phenoxy) is 3. The molecule has 0 aromatic carbocycles. The molecule has 0 saturated carbocycles. The maximum atomic E-state index is 11.8. The first-order chi connectivity index (χ1) is 8.44. The van der Waals surface area contributed by atoms with Gasteiger partial charge in [0.05, 0.1) is 31.0 Å². The Balaban J connectivity index is 2.59. The molecule has 98 valence electrons. The Morgan fingerprint density at radius 3 is 2.44 bits per heavy atom. The Morgan fingerprint density at radius 1 is 1.28 bits per heavy atom. The molecule has 1 saturated heterocycles. The average Bonchev–Trinajstić information content (AvgIpc) is 2.63. The summed E-state index contributed by atoms with van der Waals surface area (Å²) in [5, 5.41) is 0. The van der Waals surface area contributed by atoms with Crippen molar-refractivity contribution in [2.75, 3.05) is 14.2 Å². The van der Waals surface area contributed by atoms with Gasteiger partial charge < -0.3 is 14.2 Å². The highest BCUT2D eigenvalue weighted by molar-refractivity contribution is 6.09. The predicted molar refractivity (Wildman–Crippen MR) is 58.6 cm³/mol. The number of esters is 2. The highest BCUT2D eigenvalue weighted by atomic mass is 16.6. The summed E-state index contributed by atoms with van der Waals surface area (Å²) in [5.74, 6) is -1.60. The number of carbonyl (C=O) groups is 3. The normalized spacial score (nSPS) is 30.4. The Kier molecular flexibility index (Phi) is 2.98. The predicted octanol–water partition coefficient (Wildman–Crippen LogP) is 0.149. The lowest BCUT2D eigenvalue weighted by molar-refractivity contribution is -0.149. The summed E-state index contributed by atoms with van der Waals surface area (Å²) in [6.45, 7) is 1.68. The first kappa shape index (κ1) is 12.8. The molecular formula is C12H14O6. The molecule has 0 aromatic rings. The molecule has 6 heteroatoms. The molecule has 1 fully saturated rings. The van der Waals surface area contributed by atoms with Crippen molar-refractivity contribution in [3.8, 4) is 0 Å². The van der Waals surface area contributed by atoms with Crippen molar-refractivity contribution in [1.82, 2.24) is 0 Å². The van der Waals surface area contributed by atoms with Crippen molar-refractivity contribution in [2.24, 2.45) is 0 Å². The summed E-state index contributed by atoms with van der Waals surface area (Å²) in [5.41, 5.74) is -0.864. The van der Waals surface area contributed by atoms with Gasteiger partial charge in [-0.15, -0.1) is 0 Å². The van der Waals surface area contributed by atoms with Crippen LogP contribution in [0.4, 0.5) is 0 Å². The van der Waals surface area contributed by atoms with Gasteiger partial charge in [0, 0.05) is 6.42 Å². The van der Waals surface area contributed by atoms with Crippen LogP contribution in [0.3, 0.4) is 0 Å². The quantitative estimate of drug-likeness (QED) is 0.653. The molecule has 0 spiro atoms. The van der Waals surface area contributed by atoms with Crippen LogP contribution in [0, 0.1) is 0 Å². The Labute approximate surface area is 104 Å². The maximum Gasteiger partial charge on any atom is 0.337 e. The fourth-order valence-electron chi connectivity index (χ4n) is 2.44. The highest BCUT2D eigenvalue weighted by Gasteiger charge is 2.55. The number of ketones is 1. The standard InChI is InChI=1S/C12H14O6/c1-12-5-4-6(13)9(18-12)7(10(14)16-2)8(12)11(15)17-3/h9H,4-5H2,1-3H3/t9-,12+/m0/s1.